The summed E-state index contributed by atoms with van der Waals surface area (Å²) in [5.74, 6) is 2.07. The number of aromatic nitrogens is 2. The lowest BCUT2D eigenvalue weighted by molar-refractivity contribution is -0.122. The number of carboxylic acid groups (broad SMARTS) is 1. The van der Waals surface area contributed by atoms with E-state index in [1.165, 1.54) is 0 Å². The molecule has 0 aliphatic carbocycles. The van der Waals surface area contributed by atoms with Crippen LogP contribution in [0, 0.1) is 6.92 Å². The van der Waals surface area contributed by atoms with Crippen LogP contribution in [0.2, 0.25) is 0 Å². The summed E-state index contributed by atoms with van der Waals surface area (Å²) >= 11 is 0. The Bertz CT molecular complexity index is 823. The molecule has 9 nitrogen and oxygen atoms in total. The Morgan fingerprint density at radius 2 is 1.93 bits per heavy atom. The Balaban J connectivity index is 0.000000706. The van der Waals surface area contributed by atoms with Gasteiger partial charge in [-0.05, 0) is 24.6 Å². The predicted octanol–water partition coefficient (Wildman–Crippen LogP) is 1.28. The molecule has 4 rings (SSSR count). The first-order valence-electron chi connectivity index (χ1n) is 8.80. The molecule has 0 bridgehead atoms. The lowest BCUT2D eigenvalue weighted by atomic mass is 10.1. The van der Waals surface area contributed by atoms with E-state index >= 15 is 0 Å². The number of aliphatic hydroxyl groups is 1. The molecule has 0 radical (unpaired) electrons. The second kappa shape index (κ2) is 8.59. The summed E-state index contributed by atoms with van der Waals surface area (Å²) in [4.78, 5) is 12.9. The first kappa shape index (κ1) is 20.1. The van der Waals surface area contributed by atoms with Gasteiger partial charge in [0.1, 0.15) is 24.1 Å². The zero-order valence-corrected chi connectivity index (χ0v) is 15.9. The van der Waals surface area contributed by atoms with Crippen molar-refractivity contribution in [2.75, 3.05) is 27.4 Å². The van der Waals surface area contributed by atoms with E-state index < -0.39 is 6.10 Å². The summed E-state index contributed by atoms with van der Waals surface area (Å²) in [6.07, 6.45) is 2.63. The average molecular weight is 392 g/mol. The van der Waals surface area contributed by atoms with Crippen LogP contribution in [0.15, 0.2) is 24.5 Å². The third kappa shape index (κ3) is 3.56. The second-order valence-electron chi connectivity index (χ2n) is 6.54. The van der Waals surface area contributed by atoms with Crippen LogP contribution >= 0.6 is 0 Å². The largest absolute Gasteiger partial charge is 0.493 e. The fourth-order valence-electron chi connectivity index (χ4n) is 3.75. The number of rotatable bonds is 4. The SMILES string of the molecule is COc1cc(C)cc(-c2nccn2[C@H]2CO[C@H]3[C@@H]2OC[C@H]3O)c1OC.O=CO. The molecule has 2 aromatic rings. The molecule has 152 valence electrons. The van der Waals surface area contributed by atoms with Crippen LogP contribution in [0.4, 0.5) is 0 Å². The molecule has 28 heavy (non-hydrogen) atoms. The van der Waals surface area contributed by atoms with Crippen molar-refractivity contribution in [2.24, 2.45) is 0 Å². The summed E-state index contributed by atoms with van der Waals surface area (Å²) in [5.41, 5.74) is 1.90. The van der Waals surface area contributed by atoms with Crippen LogP contribution in [0.25, 0.3) is 11.4 Å². The Labute approximate surface area is 162 Å². The van der Waals surface area contributed by atoms with Gasteiger partial charge in [0.05, 0.1) is 39.0 Å². The van der Waals surface area contributed by atoms with Crippen LogP contribution in [-0.4, -0.2) is 72.0 Å². The van der Waals surface area contributed by atoms with E-state index in [1.807, 2.05) is 29.8 Å². The van der Waals surface area contributed by atoms with Crippen LogP contribution < -0.4 is 9.47 Å². The summed E-state index contributed by atoms with van der Waals surface area (Å²) in [5, 5.41) is 16.9. The van der Waals surface area contributed by atoms with Gasteiger partial charge >= 0.3 is 0 Å². The van der Waals surface area contributed by atoms with Crippen molar-refractivity contribution in [3.8, 4) is 22.9 Å². The maximum atomic E-state index is 9.98. The van der Waals surface area contributed by atoms with Gasteiger partial charge in [-0.25, -0.2) is 4.98 Å². The molecule has 0 unspecified atom stereocenters. The molecule has 9 heteroatoms. The van der Waals surface area contributed by atoms with Gasteiger partial charge in [-0.15, -0.1) is 0 Å². The van der Waals surface area contributed by atoms with Crippen molar-refractivity contribution >= 4 is 6.47 Å². The number of methoxy groups -OCH3 is 2. The Hall–Kier alpha value is -2.62. The number of imidazole rings is 1. The smallest absolute Gasteiger partial charge is 0.290 e. The summed E-state index contributed by atoms with van der Waals surface area (Å²) in [7, 11) is 3.24. The second-order valence-corrected chi connectivity index (χ2v) is 6.54. The number of fused-ring (bicyclic) bond motifs is 1. The summed E-state index contributed by atoms with van der Waals surface area (Å²) in [6, 6.07) is 3.91. The van der Waals surface area contributed by atoms with Gasteiger partial charge in [-0.1, -0.05) is 0 Å². The molecule has 0 spiro atoms. The Morgan fingerprint density at radius 1 is 1.21 bits per heavy atom. The minimum Gasteiger partial charge on any atom is -0.493 e. The predicted molar refractivity (Wildman–Crippen MR) is 98.7 cm³/mol. The van der Waals surface area contributed by atoms with Gasteiger partial charge in [0.15, 0.2) is 11.5 Å². The van der Waals surface area contributed by atoms with Crippen LogP contribution in [0.3, 0.4) is 0 Å². The molecule has 2 fully saturated rings. The van der Waals surface area contributed by atoms with Crippen molar-refractivity contribution in [1.82, 2.24) is 9.55 Å². The van der Waals surface area contributed by atoms with E-state index in [4.69, 9.17) is 28.8 Å². The molecular weight excluding hydrogens is 368 g/mol. The van der Waals surface area contributed by atoms with Gasteiger partial charge in [0.2, 0.25) is 0 Å². The van der Waals surface area contributed by atoms with E-state index in [2.05, 4.69) is 4.98 Å². The van der Waals surface area contributed by atoms with Gasteiger partial charge < -0.3 is 33.7 Å². The molecule has 0 saturated carbocycles. The van der Waals surface area contributed by atoms with Crippen molar-refractivity contribution in [2.45, 2.75) is 31.3 Å². The standard InChI is InChI=1S/C18H22N2O5.CH2O2/c1-10-6-11(15(23-3)14(7-10)22-2)18-19-4-5-20(18)12-8-24-17-13(21)9-25-16(12)17;2-1-3/h4-7,12-13,16-17,21H,8-9H2,1-3H3;1H,(H,2,3)/t12-,13+,16+,17+;/m0./s1. The molecule has 4 atom stereocenters. The molecular formula is C19H24N2O7. The molecule has 2 N–H and O–H groups in total. The quantitative estimate of drug-likeness (QED) is 0.749. The number of aliphatic hydroxyl groups excluding tert-OH is 1. The van der Waals surface area contributed by atoms with E-state index in [0.717, 1.165) is 17.0 Å². The average Bonchev–Trinajstić information content (AvgIpc) is 3.39. The highest BCUT2D eigenvalue weighted by molar-refractivity contribution is 5.70. The number of hydrogen-bond donors (Lipinski definition) is 2. The molecule has 2 saturated heterocycles. The van der Waals surface area contributed by atoms with E-state index in [0.29, 0.717) is 24.7 Å². The highest BCUT2D eigenvalue weighted by Crippen LogP contribution is 2.41. The fraction of sp³-hybridized carbons (Fsp3) is 0.474. The maximum Gasteiger partial charge on any atom is 0.290 e. The molecule has 1 aromatic heterocycles. The summed E-state index contributed by atoms with van der Waals surface area (Å²) in [6.45, 7) is 2.53. The number of nitrogens with zero attached hydrogens (tertiary/aromatic N) is 2. The molecule has 2 aliphatic rings. The number of benzene rings is 1. The first-order valence-corrected chi connectivity index (χ1v) is 8.80. The van der Waals surface area contributed by atoms with Crippen molar-refractivity contribution in [3.05, 3.63) is 30.1 Å². The summed E-state index contributed by atoms with van der Waals surface area (Å²) < 4.78 is 24.6. The van der Waals surface area contributed by atoms with Crippen LogP contribution in [-0.2, 0) is 14.3 Å². The number of aryl methyl sites for hydroxylation is 1. The fourth-order valence-corrected chi connectivity index (χ4v) is 3.75. The van der Waals surface area contributed by atoms with E-state index in [1.54, 1.807) is 20.4 Å². The highest BCUT2D eigenvalue weighted by Gasteiger charge is 2.48. The lowest BCUT2D eigenvalue weighted by Gasteiger charge is -2.21. The maximum absolute atomic E-state index is 9.98. The Kier molecular flexibility index (Phi) is 6.18. The number of hydrogen-bond acceptors (Lipinski definition) is 7. The third-order valence-electron chi connectivity index (χ3n) is 4.89. The van der Waals surface area contributed by atoms with E-state index in [9.17, 15) is 5.11 Å². The first-order chi connectivity index (χ1) is 13.5. The zero-order valence-electron chi connectivity index (χ0n) is 15.9. The van der Waals surface area contributed by atoms with Gasteiger partial charge in [0.25, 0.3) is 6.47 Å². The highest BCUT2D eigenvalue weighted by atomic mass is 16.6. The van der Waals surface area contributed by atoms with Crippen molar-refractivity contribution in [1.29, 1.82) is 0 Å². The molecule has 3 heterocycles. The minimum absolute atomic E-state index is 0.0455. The Morgan fingerprint density at radius 3 is 2.61 bits per heavy atom. The van der Waals surface area contributed by atoms with Gasteiger partial charge in [-0.2, -0.15) is 0 Å². The molecule has 1 aromatic carbocycles. The normalized spacial score (nSPS) is 25.6. The number of carbonyl (C=O) groups is 1. The van der Waals surface area contributed by atoms with Crippen molar-refractivity contribution < 1.29 is 34.0 Å². The molecule has 2 aliphatic heterocycles. The van der Waals surface area contributed by atoms with Crippen LogP contribution in [0.5, 0.6) is 11.5 Å². The third-order valence-corrected chi connectivity index (χ3v) is 4.89. The van der Waals surface area contributed by atoms with Crippen LogP contribution in [0.1, 0.15) is 11.6 Å². The van der Waals surface area contributed by atoms with E-state index in [-0.39, 0.29) is 24.7 Å². The molecule has 0 amide bonds. The monoisotopic (exact) mass is 392 g/mol. The van der Waals surface area contributed by atoms with Crippen molar-refractivity contribution in [3.63, 3.8) is 0 Å². The minimum atomic E-state index is -0.574. The van der Waals surface area contributed by atoms with Gasteiger partial charge in [0, 0.05) is 12.4 Å². The lowest BCUT2D eigenvalue weighted by Crippen LogP contribution is -2.30. The van der Waals surface area contributed by atoms with Gasteiger partial charge in [-0.3, -0.25) is 4.79 Å². The topological polar surface area (TPSA) is 112 Å². The number of ether oxygens (including phenoxy) is 4. The zero-order chi connectivity index (χ0) is 20.3.